The Hall–Kier alpha value is -8.61. The second kappa shape index (κ2) is 10.3. The lowest BCUT2D eigenvalue weighted by Gasteiger charge is -2.40. The second-order valence-electron chi connectivity index (χ2n) is 19.1. The molecule has 0 saturated heterocycles. The van der Waals surface area contributed by atoms with Crippen LogP contribution < -0.4 is 32.8 Å². The summed E-state index contributed by atoms with van der Waals surface area (Å²) >= 11 is 0. The summed E-state index contributed by atoms with van der Waals surface area (Å²) in [6.45, 7) is 0.0883. The second-order valence-corrected chi connectivity index (χ2v) is 19.1. The van der Waals surface area contributed by atoms with Crippen molar-refractivity contribution in [3.05, 3.63) is 170 Å². The van der Waals surface area contributed by atoms with Gasteiger partial charge in [0, 0.05) is 49.6 Å². The van der Waals surface area contributed by atoms with Gasteiger partial charge < -0.3 is 17.9 Å². The van der Waals surface area contributed by atoms with E-state index in [1.165, 1.54) is 132 Å². The summed E-state index contributed by atoms with van der Waals surface area (Å²) in [6, 6.07) is 63.2. The molecule has 14 aromatic rings. The molecule has 19 rings (SSSR count). The van der Waals surface area contributed by atoms with Gasteiger partial charge in [0.25, 0.3) is 13.4 Å². The molecular weight excluding hydrogens is 802 g/mol. The number of fused-ring (bicyclic) bond motifs is 11. The highest BCUT2D eigenvalue weighted by atomic mass is 15.1. The topological polar surface area (TPSA) is 44.5 Å². The molecule has 0 fully saturated rings. The number of hydrogen-bond acceptors (Lipinski definition) is 2. The Morgan fingerprint density at radius 3 is 1.47 bits per heavy atom. The molecule has 5 aromatic heterocycles. The van der Waals surface area contributed by atoms with Crippen molar-refractivity contribution in [2.24, 2.45) is 0 Å². The van der Waals surface area contributed by atoms with Gasteiger partial charge in [-0.25, -0.2) is 9.97 Å². The molecule has 0 amide bonds. The molecule has 9 aromatic carbocycles. The fourth-order valence-electron chi connectivity index (χ4n) is 14.2. The van der Waals surface area contributed by atoms with E-state index >= 15 is 0 Å². The largest absolute Gasteiger partial charge is 0.307 e. The predicted molar refractivity (Wildman–Crippen MR) is 272 cm³/mol. The number of hydrogen-bond donors (Lipinski definition) is 0. The van der Waals surface area contributed by atoms with E-state index in [-0.39, 0.29) is 13.4 Å². The maximum absolute atomic E-state index is 5.37. The van der Waals surface area contributed by atoms with Gasteiger partial charge in [-0.1, -0.05) is 133 Å². The highest BCUT2D eigenvalue weighted by Crippen LogP contribution is 2.48. The average molecular weight is 831 g/mol. The van der Waals surface area contributed by atoms with Crippen molar-refractivity contribution in [1.29, 1.82) is 0 Å². The molecule has 0 aliphatic carbocycles. The summed E-state index contributed by atoms with van der Waals surface area (Å²) in [7, 11) is 0. The minimum Gasteiger partial charge on any atom is -0.307 e. The number of para-hydroxylation sites is 3. The van der Waals surface area contributed by atoms with Gasteiger partial charge in [-0.15, -0.1) is 0 Å². The molecule has 0 N–H and O–H groups in total. The first-order valence-electron chi connectivity index (χ1n) is 23.1. The van der Waals surface area contributed by atoms with Gasteiger partial charge in [0.1, 0.15) is 0 Å². The maximum atomic E-state index is 5.37. The Morgan fingerprint density at radius 1 is 0.333 bits per heavy atom. The van der Waals surface area contributed by atoms with Crippen LogP contribution in [0, 0.1) is 0 Å². The van der Waals surface area contributed by atoms with Gasteiger partial charge in [-0.05, 0) is 80.3 Å². The van der Waals surface area contributed by atoms with Crippen LogP contribution in [0.4, 0.5) is 0 Å². The lowest BCUT2D eigenvalue weighted by atomic mass is 9.32. The summed E-state index contributed by atoms with van der Waals surface area (Å²) in [4.78, 5) is 10.7. The van der Waals surface area contributed by atoms with Crippen LogP contribution in [0.15, 0.2) is 170 Å². The van der Waals surface area contributed by atoms with Crippen LogP contribution in [0.1, 0.15) is 0 Å². The Labute approximate surface area is 375 Å². The Morgan fingerprint density at radius 2 is 0.864 bits per heavy atom. The lowest BCUT2D eigenvalue weighted by molar-refractivity contribution is 1.12. The maximum Gasteiger partial charge on any atom is 0.254 e. The van der Waals surface area contributed by atoms with Gasteiger partial charge in [-0.2, -0.15) is 0 Å². The van der Waals surface area contributed by atoms with E-state index in [4.69, 9.17) is 9.97 Å². The van der Waals surface area contributed by atoms with Crippen molar-refractivity contribution in [2.45, 2.75) is 0 Å². The number of nitrogens with zero attached hydrogens (tertiary/aromatic N) is 6. The lowest BCUT2D eigenvalue weighted by Crippen LogP contribution is -2.62. The van der Waals surface area contributed by atoms with E-state index in [9.17, 15) is 0 Å². The average Bonchev–Trinajstić information content (AvgIpc) is 4.03. The first-order chi connectivity index (χ1) is 32.8. The third-order valence-electron chi connectivity index (χ3n) is 16.4. The molecule has 0 radical (unpaired) electrons. The number of aromatic nitrogens is 6. The van der Waals surface area contributed by atoms with Crippen molar-refractivity contribution < 1.29 is 0 Å². The molecule has 66 heavy (non-hydrogen) atoms. The Bertz CT molecular complexity index is 4700. The van der Waals surface area contributed by atoms with Gasteiger partial charge in [0.05, 0.1) is 66.6 Å². The molecule has 5 aliphatic rings. The van der Waals surface area contributed by atoms with Crippen LogP contribution in [-0.2, 0) is 0 Å². The van der Waals surface area contributed by atoms with Crippen molar-refractivity contribution in [2.75, 3.05) is 0 Å². The number of benzene rings is 9. The van der Waals surface area contributed by atoms with Gasteiger partial charge in [0.2, 0.25) is 0 Å². The minimum atomic E-state index is -0.0521. The van der Waals surface area contributed by atoms with Crippen molar-refractivity contribution in [3.8, 4) is 56.4 Å². The van der Waals surface area contributed by atoms with Gasteiger partial charge in [0.15, 0.2) is 5.82 Å². The van der Waals surface area contributed by atoms with Crippen molar-refractivity contribution >= 4 is 123 Å². The molecule has 8 heteroatoms. The van der Waals surface area contributed by atoms with Crippen LogP contribution in [-0.4, -0.2) is 41.3 Å². The SMILES string of the molecule is c1ccc(-c2cc(-c3ccccc3)nc(-c3ccc4c(c3)B3c5ccccc5-n5c6cccc7c8ccc9c%10c8n(c8c%11c%12c(c3c85)n-4c3cccc4c5ccc-9c(c5n%12c43)B%10%11)c76)n2)cc1. The summed E-state index contributed by atoms with van der Waals surface area (Å²) < 4.78 is 10.8. The van der Waals surface area contributed by atoms with Gasteiger partial charge in [-0.3, -0.25) is 0 Å². The van der Waals surface area contributed by atoms with Crippen LogP contribution in [0.2, 0.25) is 0 Å². The zero-order valence-corrected chi connectivity index (χ0v) is 35.0. The Balaban J connectivity index is 1.05. The fourth-order valence-corrected chi connectivity index (χ4v) is 14.2. The van der Waals surface area contributed by atoms with E-state index in [2.05, 4.69) is 188 Å². The first-order valence-corrected chi connectivity index (χ1v) is 23.1. The standard InChI is InChI=1S/C58H28B2N6/c1-3-11-29(12-4-1)40-28-41(30-13-5-2-6-14-30)62-58(61-40)31-21-26-43-39(27-31)59-38-17-7-8-18-42(38)63-44-19-9-15-34-36-24-22-32-33-23-25-37-35-16-10-20-45-51(35)66-53(37)47(33)60-46(32)52(36)65(50(34)44)56-49(60)57(66)55(64(43)45)48(59)54(56)63/h1-28H. The smallest absolute Gasteiger partial charge is 0.254 e. The fraction of sp³-hybridized carbons (Fsp3) is 0. The zero-order chi connectivity index (χ0) is 42.0. The quantitative estimate of drug-likeness (QED) is 0.132. The highest BCUT2D eigenvalue weighted by molar-refractivity contribution is 7.06. The number of rotatable bonds is 3. The Kier molecular flexibility index (Phi) is 5.03. The molecule has 6 nitrogen and oxygen atoms in total. The zero-order valence-electron chi connectivity index (χ0n) is 35.0. The van der Waals surface area contributed by atoms with E-state index in [1.807, 2.05) is 0 Å². The minimum absolute atomic E-state index is 0.0521. The van der Waals surface area contributed by atoms with Gasteiger partial charge >= 0.3 is 0 Å². The molecular formula is C58H28B2N6. The van der Waals surface area contributed by atoms with E-state index in [1.54, 1.807) is 0 Å². The van der Waals surface area contributed by atoms with Crippen LogP contribution in [0.3, 0.4) is 0 Å². The summed E-state index contributed by atoms with van der Waals surface area (Å²) in [5.74, 6) is 0.723. The molecule has 10 heterocycles. The summed E-state index contributed by atoms with van der Waals surface area (Å²) in [6.07, 6.45) is 0. The van der Waals surface area contributed by atoms with Crippen molar-refractivity contribution in [1.82, 2.24) is 27.9 Å². The third-order valence-corrected chi connectivity index (χ3v) is 16.4. The molecule has 0 spiro atoms. The summed E-state index contributed by atoms with van der Waals surface area (Å²) in [5, 5.41) is 5.33. The molecule has 0 atom stereocenters. The summed E-state index contributed by atoms with van der Waals surface area (Å²) in [5.41, 5.74) is 31.8. The third kappa shape index (κ3) is 3.23. The molecule has 0 bridgehead atoms. The van der Waals surface area contributed by atoms with Crippen LogP contribution in [0.5, 0.6) is 0 Å². The highest BCUT2D eigenvalue weighted by Gasteiger charge is 2.50. The molecule has 5 aliphatic heterocycles. The molecule has 0 saturated carbocycles. The van der Waals surface area contributed by atoms with Crippen LogP contribution in [0.25, 0.3) is 133 Å². The van der Waals surface area contributed by atoms with Crippen molar-refractivity contribution in [3.63, 3.8) is 0 Å². The molecule has 0 unspecified atom stereocenters. The van der Waals surface area contributed by atoms with E-state index in [0.29, 0.717) is 0 Å². The first kappa shape index (κ1) is 32.1. The predicted octanol–water partition coefficient (Wildman–Crippen LogP) is 8.75. The molecule has 296 valence electrons. The van der Waals surface area contributed by atoms with E-state index in [0.717, 1.165) is 33.9 Å². The normalized spacial score (nSPS) is 14.0. The monoisotopic (exact) mass is 830 g/mol. The van der Waals surface area contributed by atoms with E-state index < -0.39 is 0 Å². The van der Waals surface area contributed by atoms with Crippen LogP contribution >= 0.6 is 0 Å².